The largest absolute Gasteiger partial charge is 0.434 e. The summed E-state index contributed by atoms with van der Waals surface area (Å²) in [4.78, 5) is 23.9. The average Bonchev–Trinajstić information content (AvgIpc) is 2.91. The number of hydrogen-bond acceptors (Lipinski definition) is 4. The molecule has 1 aromatic heterocycles. The van der Waals surface area contributed by atoms with Gasteiger partial charge in [0.05, 0.1) is 11.8 Å². The monoisotopic (exact) mass is 256 g/mol. The summed E-state index contributed by atoms with van der Waals surface area (Å²) < 4.78 is 10.1. The second-order valence-corrected chi connectivity index (χ2v) is 4.43. The van der Waals surface area contributed by atoms with E-state index in [0.29, 0.717) is 17.5 Å². The number of ether oxygens (including phenoxy) is 1. The van der Waals surface area contributed by atoms with E-state index in [4.69, 9.17) is 9.15 Å². The summed E-state index contributed by atoms with van der Waals surface area (Å²) in [6.07, 6.45) is 3.48. The summed E-state index contributed by atoms with van der Waals surface area (Å²) in [5, 5.41) is 0. The van der Waals surface area contributed by atoms with Crippen LogP contribution in [0.3, 0.4) is 0 Å². The first kappa shape index (κ1) is 11.7. The predicted octanol–water partition coefficient (Wildman–Crippen LogP) is 3.02. The van der Waals surface area contributed by atoms with Gasteiger partial charge in [-0.15, -0.1) is 0 Å². The molecule has 0 amide bonds. The van der Waals surface area contributed by atoms with Gasteiger partial charge in [-0.2, -0.15) is 0 Å². The summed E-state index contributed by atoms with van der Waals surface area (Å²) in [6, 6.07) is 8.37. The van der Waals surface area contributed by atoms with E-state index in [1.807, 2.05) is 0 Å². The molecule has 0 bridgehead atoms. The topological polar surface area (TPSA) is 56.5 Å². The maximum absolute atomic E-state index is 12.1. The third-order valence-corrected chi connectivity index (χ3v) is 3.22. The first-order valence-corrected chi connectivity index (χ1v) is 6.16. The minimum absolute atomic E-state index is 0.0916. The van der Waals surface area contributed by atoms with E-state index in [0.717, 1.165) is 18.4 Å². The molecule has 0 atom stereocenters. The fourth-order valence-electron chi connectivity index (χ4n) is 2.34. The Morgan fingerprint density at radius 3 is 2.84 bits per heavy atom. The molecule has 0 unspecified atom stereocenters. The van der Waals surface area contributed by atoms with Crippen LogP contribution in [-0.2, 0) is 6.42 Å². The van der Waals surface area contributed by atoms with Gasteiger partial charge in [-0.25, -0.2) is 4.79 Å². The molecular formula is C15H12O4. The van der Waals surface area contributed by atoms with E-state index < -0.39 is 5.97 Å². The van der Waals surface area contributed by atoms with Gasteiger partial charge in [0.15, 0.2) is 5.78 Å². The third kappa shape index (κ3) is 2.17. The molecule has 2 aromatic rings. The standard InChI is InChI=1S/C15H12O4/c16-13-7-2-4-10-11(13)5-1-6-12(10)15(17)19-14-8-3-9-18-14/h1,3,5-6,8-9H,2,4,7H2. The highest BCUT2D eigenvalue weighted by molar-refractivity contribution is 6.02. The normalized spacial score (nSPS) is 14.0. The first-order valence-electron chi connectivity index (χ1n) is 6.16. The molecule has 1 aliphatic carbocycles. The number of hydrogen-bond donors (Lipinski definition) is 0. The Hall–Kier alpha value is -2.36. The Bertz CT molecular complexity index is 626. The molecule has 4 nitrogen and oxygen atoms in total. The molecular weight excluding hydrogens is 244 g/mol. The van der Waals surface area contributed by atoms with Crippen molar-refractivity contribution in [3.63, 3.8) is 0 Å². The van der Waals surface area contributed by atoms with Crippen molar-refractivity contribution in [3.8, 4) is 5.95 Å². The number of ketones is 1. The van der Waals surface area contributed by atoms with Crippen LogP contribution in [-0.4, -0.2) is 11.8 Å². The molecule has 0 fully saturated rings. The SMILES string of the molecule is O=C1CCCc2c1cccc2C(=O)Oc1ccco1. The number of carbonyl (C=O) groups is 2. The van der Waals surface area contributed by atoms with E-state index in [1.165, 1.54) is 6.26 Å². The molecule has 96 valence electrons. The van der Waals surface area contributed by atoms with Gasteiger partial charge in [-0.3, -0.25) is 4.79 Å². The second-order valence-electron chi connectivity index (χ2n) is 4.43. The summed E-state index contributed by atoms with van der Waals surface area (Å²) in [5.74, 6) is -0.236. The van der Waals surface area contributed by atoms with Crippen LogP contribution >= 0.6 is 0 Å². The van der Waals surface area contributed by atoms with Crippen molar-refractivity contribution in [2.45, 2.75) is 19.3 Å². The van der Waals surface area contributed by atoms with Crippen LogP contribution in [0.4, 0.5) is 0 Å². The van der Waals surface area contributed by atoms with Gasteiger partial charge in [-0.05, 0) is 30.5 Å². The summed E-state index contributed by atoms with van der Waals surface area (Å²) in [5.41, 5.74) is 1.87. The maximum atomic E-state index is 12.1. The highest BCUT2D eigenvalue weighted by Gasteiger charge is 2.23. The van der Waals surface area contributed by atoms with E-state index in [2.05, 4.69) is 0 Å². The van der Waals surface area contributed by atoms with Crippen molar-refractivity contribution in [3.05, 3.63) is 53.3 Å². The summed E-state index contributed by atoms with van der Waals surface area (Å²) >= 11 is 0. The summed E-state index contributed by atoms with van der Waals surface area (Å²) in [7, 11) is 0. The van der Waals surface area contributed by atoms with Crippen LogP contribution in [0.1, 0.15) is 39.1 Å². The lowest BCUT2D eigenvalue weighted by Gasteiger charge is -2.17. The van der Waals surface area contributed by atoms with Gasteiger partial charge in [0.1, 0.15) is 0 Å². The number of furan rings is 1. The van der Waals surface area contributed by atoms with Crippen LogP contribution in [0.15, 0.2) is 41.0 Å². The Kier molecular flexibility index (Phi) is 2.91. The number of fused-ring (bicyclic) bond motifs is 1. The van der Waals surface area contributed by atoms with Gasteiger partial charge >= 0.3 is 5.97 Å². The van der Waals surface area contributed by atoms with Crippen molar-refractivity contribution >= 4 is 11.8 Å². The molecule has 0 radical (unpaired) electrons. The fourth-order valence-corrected chi connectivity index (χ4v) is 2.34. The number of esters is 1. The van der Waals surface area contributed by atoms with E-state index >= 15 is 0 Å². The van der Waals surface area contributed by atoms with Crippen LogP contribution < -0.4 is 4.74 Å². The Morgan fingerprint density at radius 2 is 2.05 bits per heavy atom. The van der Waals surface area contributed by atoms with Crippen molar-refractivity contribution < 1.29 is 18.7 Å². The zero-order valence-corrected chi connectivity index (χ0v) is 10.2. The van der Waals surface area contributed by atoms with Crippen molar-refractivity contribution in [1.29, 1.82) is 0 Å². The number of benzene rings is 1. The number of Topliss-reactive ketones (excluding diaryl/α,β-unsaturated/α-hetero) is 1. The Labute approximate surface area is 110 Å². The lowest BCUT2D eigenvalue weighted by Crippen LogP contribution is -2.18. The predicted molar refractivity (Wildman–Crippen MR) is 67.4 cm³/mol. The molecule has 0 N–H and O–H groups in total. The number of rotatable bonds is 2. The molecule has 3 rings (SSSR count). The van der Waals surface area contributed by atoms with Gasteiger partial charge in [0, 0.05) is 18.1 Å². The molecule has 4 heteroatoms. The quantitative estimate of drug-likeness (QED) is 0.775. The van der Waals surface area contributed by atoms with Gasteiger partial charge in [-0.1, -0.05) is 12.1 Å². The zero-order valence-electron chi connectivity index (χ0n) is 10.2. The third-order valence-electron chi connectivity index (χ3n) is 3.22. The molecule has 1 aromatic carbocycles. The second kappa shape index (κ2) is 4.72. The average molecular weight is 256 g/mol. The van der Waals surface area contributed by atoms with Crippen LogP contribution in [0.25, 0.3) is 0 Å². The molecule has 0 saturated heterocycles. The van der Waals surface area contributed by atoms with E-state index in [1.54, 1.807) is 30.3 Å². The van der Waals surface area contributed by atoms with Crippen molar-refractivity contribution in [2.24, 2.45) is 0 Å². The zero-order chi connectivity index (χ0) is 13.2. The van der Waals surface area contributed by atoms with E-state index in [9.17, 15) is 9.59 Å². The molecule has 0 saturated carbocycles. The minimum Gasteiger partial charge on any atom is -0.434 e. The van der Waals surface area contributed by atoms with E-state index in [-0.39, 0.29) is 11.7 Å². The smallest absolute Gasteiger partial charge is 0.346 e. The van der Waals surface area contributed by atoms with Crippen LogP contribution in [0.2, 0.25) is 0 Å². The van der Waals surface area contributed by atoms with Gasteiger partial charge < -0.3 is 9.15 Å². The highest BCUT2D eigenvalue weighted by atomic mass is 16.6. The molecule has 0 spiro atoms. The van der Waals surface area contributed by atoms with Crippen LogP contribution in [0.5, 0.6) is 5.95 Å². The van der Waals surface area contributed by atoms with Gasteiger partial charge in [0.2, 0.25) is 0 Å². The number of carbonyl (C=O) groups excluding carboxylic acids is 2. The summed E-state index contributed by atoms with van der Waals surface area (Å²) in [6.45, 7) is 0. The highest BCUT2D eigenvalue weighted by Crippen LogP contribution is 2.25. The molecule has 1 heterocycles. The fraction of sp³-hybridized carbons (Fsp3) is 0.200. The molecule has 1 aliphatic rings. The maximum Gasteiger partial charge on any atom is 0.346 e. The minimum atomic E-state index is -0.485. The molecule has 19 heavy (non-hydrogen) atoms. The van der Waals surface area contributed by atoms with Crippen LogP contribution in [0, 0.1) is 0 Å². The van der Waals surface area contributed by atoms with Gasteiger partial charge in [0.25, 0.3) is 5.95 Å². The lowest BCUT2D eigenvalue weighted by molar-refractivity contribution is 0.0692. The Morgan fingerprint density at radius 1 is 1.16 bits per heavy atom. The van der Waals surface area contributed by atoms with Crippen molar-refractivity contribution in [2.75, 3.05) is 0 Å². The first-order chi connectivity index (χ1) is 9.25. The molecule has 0 aliphatic heterocycles. The Balaban J connectivity index is 1.95. The lowest BCUT2D eigenvalue weighted by atomic mass is 9.87. The van der Waals surface area contributed by atoms with Crippen molar-refractivity contribution in [1.82, 2.24) is 0 Å².